The first-order valence-corrected chi connectivity index (χ1v) is 16.1. The van der Waals surface area contributed by atoms with Crippen LogP contribution in [0.4, 0.5) is 0 Å². The molecule has 236 valence electrons. The molecular weight excluding hydrogens is 532 g/mol. The highest BCUT2D eigenvalue weighted by Gasteiger charge is 2.41. The van der Waals surface area contributed by atoms with E-state index >= 15 is 0 Å². The molecule has 3 rings (SSSR count). The van der Waals surface area contributed by atoms with Crippen LogP contribution in [-0.4, -0.2) is 88.2 Å². The van der Waals surface area contributed by atoms with Crippen molar-refractivity contribution in [2.24, 2.45) is 23.7 Å². The van der Waals surface area contributed by atoms with Crippen molar-refractivity contribution >= 4 is 17.7 Å². The second-order valence-electron chi connectivity index (χ2n) is 13.3. The maximum absolute atomic E-state index is 14.4. The highest BCUT2D eigenvalue weighted by molar-refractivity contribution is 5.89. The lowest BCUT2D eigenvalue weighted by Gasteiger charge is -2.41. The van der Waals surface area contributed by atoms with Crippen LogP contribution in [0.5, 0.6) is 0 Å². The summed E-state index contributed by atoms with van der Waals surface area (Å²) in [5.41, 5.74) is 0.885. The molecule has 2 saturated carbocycles. The summed E-state index contributed by atoms with van der Waals surface area (Å²) in [6.07, 6.45) is 9.16. The summed E-state index contributed by atoms with van der Waals surface area (Å²) in [5, 5.41) is 25.5. The summed E-state index contributed by atoms with van der Waals surface area (Å²) in [6.45, 7) is 4.22. The third-order valence-electron chi connectivity index (χ3n) is 8.81. The molecule has 2 aliphatic rings. The molecule has 4 atom stereocenters. The van der Waals surface area contributed by atoms with Crippen LogP contribution < -0.4 is 5.32 Å². The number of nitrogens with one attached hydrogen (secondary N) is 1. The van der Waals surface area contributed by atoms with Crippen molar-refractivity contribution in [1.82, 2.24) is 20.1 Å². The van der Waals surface area contributed by atoms with Crippen LogP contribution in [0.15, 0.2) is 24.4 Å². The quantitative estimate of drug-likeness (QED) is 0.257. The largest absolute Gasteiger partial charge is 0.390 e. The Bertz CT molecular complexity index is 978. The van der Waals surface area contributed by atoms with Gasteiger partial charge < -0.3 is 25.3 Å². The molecule has 3 N–H and O–H groups in total. The number of hydrogen-bond donors (Lipinski definition) is 3. The Balaban J connectivity index is 1.82. The van der Waals surface area contributed by atoms with Gasteiger partial charge in [0.25, 0.3) is 0 Å². The highest BCUT2D eigenvalue weighted by Crippen LogP contribution is 2.38. The van der Waals surface area contributed by atoms with Crippen molar-refractivity contribution in [3.63, 3.8) is 0 Å². The maximum atomic E-state index is 14.4. The number of amides is 3. The minimum atomic E-state index is -1.18. The molecule has 1 aromatic rings. The molecule has 0 saturated heterocycles. The molecule has 0 aliphatic heterocycles. The lowest BCUT2D eigenvalue weighted by molar-refractivity contribution is -0.151. The van der Waals surface area contributed by atoms with Crippen LogP contribution in [0.3, 0.4) is 0 Å². The van der Waals surface area contributed by atoms with Gasteiger partial charge in [-0.1, -0.05) is 64.9 Å². The fraction of sp³-hybridized carbons (Fsp3) is 0.758. The van der Waals surface area contributed by atoms with Gasteiger partial charge in [-0.25, -0.2) is 0 Å². The van der Waals surface area contributed by atoms with Crippen molar-refractivity contribution in [2.75, 3.05) is 27.2 Å². The summed E-state index contributed by atoms with van der Waals surface area (Å²) in [4.78, 5) is 47.9. The molecule has 0 aromatic carbocycles. The van der Waals surface area contributed by atoms with Crippen LogP contribution in [0.2, 0.25) is 0 Å². The smallest absolute Gasteiger partial charge is 0.241 e. The van der Waals surface area contributed by atoms with E-state index in [1.165, 1.54) is 16.2 Å². The summed E-state index contributed by atoms with van der Waals surface area (Å²) in [7, 11) is 3.31. The predicted octanol–water partition coefficient (Wildman–Crippen LogP) is 3.57. The summed E-state index contributed by atoms with van der Waals surface area (Å²) < 4.78 is 0. The number of carbonyl (C=O) groups is 3. The van der Waals surface area contributed by atoms with Gasteiger partial charge in [0.05, 0.1) is 12.1 Å². The van der Waals surface area contributed by atoms with Crippen LogP contribution >= 0.6 is 0 Å². The number of carbonyl (C=O) groups excluding carboxylic acids is 3. The number of nitrogens with zero attached hydrogens (tertiary/aromatic N) is 3. The SMILES string of the molecule is CC(C)C[C@H](O)[C@H](O)[C@H](CC1CCCCC1)N(CC(=O)N(C)C)C(=O)[C@@H](CC(=O)NCCc1ccccn1)CC1CC1. The lowest BCUT2D eigenvalue weighted by atomic mass is 9.81. The first-order valence-electron chi connectivity index (χ1n) is 16.1. The van der Waals surface area contributed by atoms with Crippen molar-refractivity contribution in [2.45, 2.75) is 109 Å². The summed E-state index contributed by atoms with van der Waals surface area (Å²) in [5.74, 6) is -0.444. The molecule has 1 heterocycles. The molecule has 3 amide bonds. The van der Waals surface area contributed by atoms with Crippen molar-refractivity contribution in [3.8, 4) is 0 Å². The topological polar surface area (TPSA) is 123 Å². The molecule has 9 heteroatoms. The van der Waals surface area contributed by atoms with E-state index in [0.29, 0.717) is 44.1 Å². The second kappa shape index (κ2) is 16.9. The molecule has 2 fully saturated rings. The van der Waals surface area contributed by atoms with Gasteiger partial charge in [-0.3, -0.25) is 19.4 Å². The second-order valence-corrected chi connectivity index (χ2v) is 13.3. The van der Waals surface area contributed by atoms with E-state index in [2.05, 4.69) is 10.3 Å². The molecule has 0 unspecified atom stereocenters. The fourth-order valence-corrected chi connectivity index (χ4v) is 6.17. The minimum absolute atomic E-state index is 0.0327. The first-order chi connectivity index (χ1) is 20.0. The van der Waals surface area contributed by atoms with Crippen LogP contribution in [-0.2, 0) is 20.8 Å². The molecule has 0 radical (unpaired) electrons. The Kier molecular flexibility index (Phi) is 13.7. The first kappa shape index (κ1) is 34.0. The number of rotatable bonds is 17. The van der Waals surface area contributed by atoms with Crippen LogP contribution in [0.25, 0.3) is 0 Å². The van der Waals surface area contributed by atoms with Crippen molar-refractivity contribution in [1.29, 1.82) is 0 Å². The number of aromatic nitrogens is 1. The summed E-state index contributed by atoms with van der Waals surface area (Å²) >= 11 is 0. The maximum Gasteiger partial charge on any atom is 0.241 e. The van der Waals surface area contributed by atoms with E-state index in [0.717, 1.165) is 44.2 Å². The number of aliphatic hydroxyl groups is 2. The Hall–Kier alpha value is -2.52. The Morgan fingerprint density at radius 2 is 1.69 bits per heavy atom. The van der Waals surface area contributed by atoms with Gasteiger partial charge in [0, 0.05) is 51.3 Å². The van der Waals surface area contributed by atoms with E-state index in [9.17, 15) is 24.6 Å². The highest BCUT2D eigenvalue weighted by atomic mass is 16.3. The Morgan fingerprint density at radius 3 is 2.29 bits per heavy atom. The lowest BCUT2D eigenvalue weighted by Crippen LogP contribution is -2.56. The average molecular weight is 587 g/mol. The third kappa shape index (κ3) is 11.3. The minimum Gasteiger partial charge on any atom is -0.390 e. The fourth-order valence-electron chi connectivity index (χ4n) is 6.17. The molecule has 9 nitrogen and oxygen atoms in total. The van der Waals surface area contributed by atoms with E-state index in [-0.39, 0.29) is 36.6 Å². The number of aliphatic hydroxyl groups excluding tert-OH is 2. The molecule has 0 spiro atoms. The Labute approximate surface area is 252 Å². The molecule has 42 heavy (non-hydrogen) atoms. The monoisotopic (exact) mass is 586 g/mol. The van der Waals surface area contributed by atoms with Crippen LogP contribution in [0.1, 0.15) is 90.2 Å². The zero-order valence-corrected chi connectivity index (χ0v) is 26.2. The normalized spacial score (nSPS) is 18.6. The molecular formula is C33H54N4O5. The van der Waals surface area contributed by atoms with Crippen molar-refractivity contribution < 1.29 is 24.6 Å². The Morgan fingerprint density at radius 1 is 1.00 bits per heavy atom. The summed E-state index contributed by atoms with van der Waals surface area (Å²) in [6, 6.07) is 4.97. The average Bonchev–Trinajstić information content (AvgIpc) is 3.78. The molecule has 0 bridgehead atoms. The number of likely N-dealkylation sites (N-methyl/N-ethyl adjacent to an activating group) is 1. The van der Waals surface area contributed by atoms with Crippen LogP contribution in [0, 0.1) is 23.7 Å². The van der Waals surface area contributed by atoms with Gasteiger partial charge in [-0.05, 0) is 49.1 Å². The third-order valence-corrected chi connectivity index (χ3v) is 8.81. The zero-order chi connectivity index (χ0) is 30.6. The van der Waals surface area contributed by atoms with Gasteiger partial charge in [0.2, 0.25) is 17.7 Å². The molecule has 1 aromatic heterocycles. The van der Waals surface area contributed by atoms with Gasteiger partial charge in [-0.15, -0.1) is 0 Å². The number of pyridine rings is 1. The zero-order valence-electron chi connectivity index (χ0n) is 26.2. The van der Waals surface area contributed by atoms with Gasteiger partial charge in [0.1, 0.15) is 12.6 Å². The van der Waals surface area contributed by atoms with E-state index in [1.807, 2.05) is 32.0 Å². The standard InChI is InChI=1S/C33H54N4O5/c1-23(2)18-29(38)32(41)28(20-24-10-6-5-7-11-24)37(22-31(40)36(3)4)33(42)26(19-25-13-14-25)21-30(39)35-17-15-27-12-8-9-16-34-27/h8-9,12,16,23-26,28-29,32,38,41H,5-7,10-11,13-15,17-22H2,1-4H3,(H,35,39)/t26-,28+,29+,32-/m1/s1. The van der Waals surface area contributed by atoms with E-state index < -0.39 is 24.2 Å². The van der Waals surface area contributed by atoms with Crippen molar-refractivity contribution in [3.05, 3.63) is 30.1 Å². The number of hydrogen-bond acceptors (Lipinski definition) is 6. The van der Waals surface area contributed by atoms with Gasteiger partial charge in [-0.2, -0.15) is 0 Å². The van der Waals surface area contributed by atoms with Gasteiger partial charge in [0.15, 0.2) is 0 Å². The van der Waals surface area contributed by atoms with E-state index in [1.54, 1.807) is 20.3 Å². The van der Waals surface area contributed by atoms with E-state index in [4.69, 9.17) is 0 Å². The molecule has 2 aliphatic carbocycles. The predicted molar refractivity (Wildman–Crippen MR) is 163 cm³/mol. The van der Waals surface area contributed by atoms with Gasteiger partial charge >= 0.3 is 0 Å².